The van der Waals surface area contributed by atoms with E-state index in [2.05, 4.69) is 10.2 Å². The number of fused-ring (bicyclic) bond motifs is 1. The molecule has 2 aromatic heterocycles. The molecule has 0 saturated carbocycles. The molecule has 0 aliphatic carbocycles. The Morgan fingerprint density at radius 3 is 2.81 bits per heavy atom. The Kier molecular flexibility index (Phi) is 3.69. The van der Waals surface area contributed by atoms with Crippen molar-refractivity contribution in [2.75, 3.05) is 7.11 Å². The molecule has 0 radical (unpaired) electrons. The van der Waals surface area contributed by atoms with Crippen molar-refractivity contribution in [3.05, 3.63) is 23.0 Å². The van der Waals surface area contributed by atoms with Gasteiger partial charge in [-0.3, -0.25) is 0 Å². The molecule has 7 heteroatoms. The van der Waals surface area contributed by atoms with Gasteiger partial charge in [-0.05, 0) is 44.3 Å². The predicted molar refractivity (Wildman–Crippen MR) is 84.8 cm³/mol. The first-order chi connectivity index (χ1) is 10.1. The second-order valence-electron chi connectivity index (χ2n) is 4.71. The molecule has 1 N–H and O–H groups in total. The van der Waals surface area contributed by atoms with Gasteiger partial charge in [-0.25, -0.2) is 5.10 Å². The minimum Gasteiger partial charge on any atom is -0.497 e. The number of ether oxygens (including phenoxy) is 2. The van der Waals surface area contributed by atoms with E-state index in [0.29, 0.717) is 5.89 Å². The van der Waals surface area contributed by atoms with Crippen LogP contribution in [0.3, 0.4) is 0 Å². The van der Waals surface area contributed by atoms with E-state index in [1.54, 1.807) is 18.4 Å². The van der Waals surface area contributed by atoms with E-state index in [9.17, 15) is 0 Å². The molecule has 0 saturated heterocycles. The average molecular weight is 322 g/mol. The third-order valence-corrected chi connectivity index (χ3v) is 4.15. The largest absolute Gasteiger partial charge is 0.497 e. The zero-order chi connectivity index (χ0) is 15.0. The summed E-state index contributed by atoms with van der Waals surface area (Å²) in [6.45, 7) is 3.96. The molecular weight excluding hydrogens is 308 g/mol. The highest BCUT2D eigenvalue weighted by Crippen LogP contribution is 2.45. The van der Waals surface area contributed by atoms with E-state index in [1.807, 2.05) is 32.0 Å². The van der Waals surface area contributed by atoms with E-state index in [1.165, 1.54) is 0 Å². The van der Waals surface area contributed by atoms with Gasteiger partial charge in [-0.15, -0.1) is 16.4 Å². The Labute approximate surface area is 130 Å². The van der Waals surface area contributed by atoms with Crippen molar-refractivity contribution < 1.29 is 13.9 Å². The van der Waals surface area contributed by atoms with E-state index < -0.39 is 0 Å². The van der Waals surface area contributed by atoms with Crippen LogP contribution in [-0.4, -0.2) is 23.4 Å². The Balaban J connectivity index is 2.25. The fourth-order valence-electron chi connectivity index (χ4n) is 2.00. The van der Waals surface area contributed by atoms with Gasteiger partial charge >= 0.3 is 0 Å². The summed E-state index contributed by atoms with van der Waals surface area (Å²) >= 11 is 6.49. The Hall–Kier alpha value is -1.86. The third kappa shape index (κ3) is 2.66. The first-order valence-corrected chi connectivity index (χ1v) is 7.64. The van der Waals surface area contributed by atoms with E-state index >= 15 is 0 Å². The molecule has 0 atom stereocenters. The van der Waals surface area contributed by atoms with Gasteiger partial charge in [0.2, 0.25) is 0 Å². The summed E-state index contributed by atoms with van der Waals surface area (Å²) in [5.41, 5.74) is 0. The van der Waals surface area contributed by atoms with Crippen molar-refractivity contribution in [2.24, 2.45) is 0 Å². The Morgan fingerprint density at radius 2 is 2.19 bits per heavy atom. The molecule has 2 heterocycles. The van der Waals surface area contributed by atoms with Gasteiger partial charge in [0.25, 0.3) is 10.7 Å². The molecule has 21 heavy (non-hydrogen) atoms. The Morgan fingerprint density at radius 1 is 1.38 bits per heavy atom. The van der Waals surface area contributed by atoms with Crippen LogP contribution in [0, 0.1) is 4.84 Å². The summed E-state index contributed by atoms with van der Waals surface area (Å²) < 4.78 is 17.8. The second-order valence-corrected chi connectivity index (χ2v) is 6.13. The van der Waals surface area contributed by atoms with Crippen LogP contribution in [0.4, 0.5) is 0 Å². The average Bonchev–Trinajstić information content (AvgIpc) is 3.02. The van der Waals surface area contributed by atoms with Gasteiger partial charge < -0.3 is 13.9 Å². The number of nitrogens with one attached hydrogen (secondary N) is 1. The molecule has 0 bridgehead atoms. The highest BCUT2D eigenvalue weighted by molar-refractivity contribution is 7.71. The van der Waals surface area contributed by atoms with Crippen LogP contribution >= 0.6 is 23.6 Å². The SMILES string of the molecule is COc1ccc2sc(-c3n[nH]c(=S)o3)c(OC(C)C)c2c1. The van der Waals surface area contributed by atoms with E-state index in [4.69, 9.17) is 26.1 Å². The zero-order valence-corrected chi connectivity index (χ0v) is 13.4. The lowest BCUT2D eigenvalue weighted by atomic mass is 10.2. The van der Waals surface area contributed by atoms with Gasteiger partial charge in [0.1, 0.15) is 10.6 Å². The first kappa shape index (κ1) is 14.1. The number of aromatic nitrogens is 2. The molecule has 1 aromatic carbocycles. The fraction of sp³-hybridized carbons (Fsp3) is 0.286. The molecule has 110 valence electrons. The van der Waals surface area contributed by atoms with Crippen LogP contribution in [0.15, 0.2) is 22.6 Å². The molecule has 3 rings (SSSR count). The van der Waals surface area contributed by atoms with Gasteiger partial charge in [0.05, 0.1) is 13.2 Å². The van der Waals surface area contributed by atoms with Crippen LogP contribution < -0.4 is 9.47 Å². The molecule has 0 spiro atoms. The predicted octanol–water partition coefficient (Wildman–Crippen LogP) is 4.41. The molecule has 0 unspecified atom stereocenters. The molecule has 0 fully saturated rings. The lowest BCUT2D eigenvalue weighted by Gasteiger charge is -2.10. The molecule has 3 aromatic rings. The van der Waals surface area contributed by atoms with E-state index in [0.717, 1.165) is 26.5 Å². The first-order valence-electron chi connectivity index (χ1n) is 6.41. The van der Waals surface area contributed by atoms with Gasteiger partial charge in [0, 0.05) is 10.1 Å². The van der Waals surface area contributed by atoms with Crippen LogP contribution in [0.25, 0.3) is 20.9 Å². The van der Waals surface area contributed by atoms with Gasteiger partial charge in [0.15, 0.2) is 5.75 Å². The van der Waals surface area contributed by atoms with Crippen LogP contribution in [0.5, 0.6) is 11.5 Å². The molecule has 5 nitrogen and oxygen atoms in total. The standard InChI is InChI=1S/C14H14N2O3S2/c1-7(2)18-11-9-6-8(17-3)4-5-10(9)21-12(11)13-15-16-14(20)19-13/h4-7H,1-3H3,(H,16,20). The van der Waals surface area contributed by atoms with Gasteiger partial charge in [-0.2, -0.15) is 0 Å². The van der Waals surface area contributed by atoms with Crippen LogP contribution in [-0.2, 0) is 0 Å². The number of nitrogens with zero attached hydrogens (tertiary/aromatic N) is 1. The number of hydrogen-bond acceptors (Lipinski definition) is 6. The van der Waals surface area contributed by atoms with Crippen LogP contribution in [0.1, 0.15) is 13.8 Å². The Bertz CT molecular complexity index is 832. The molecular formula is C14H14N2O3S2. The molecule has 0 aliphatic heterocycles. The quantitative estimate of drug-likeness (QED) is 0.721. The maximum atomic E-state index is 5.97. The second kappa shape index (κ2) is 5.50. The number of hydrogen-bond donors (Lipinski definition) is 1. The number of methoxy groups -OCH3 is 1. The lowest BCUT2D eigenvalue weighted by molar-refractivity contribution is 0.247. The summed E-state index contributed by atoms with van der Waals surface area (Å²) in [6, 6.07) is 5.87. The van der Waals surface area contributed by atoms with Crippen molar-refractivity contribution in [1.82, 2.24) is 10.2 Å². The summed E-state index contributed by atoms with van der Waals surface area (Å²) in [5.74, 6) is 1.97. The number of rotatable bonds is 4. The summed E-state index contributed by atoms with van der Waals surface area (Å²) in [6.07, 6.45) is 0.0367. The topological polar surface area (TPSA) is 60.3 Å². The number of H-pyrrole nitrogens is 1. The summed E-state index contributed by atoms with van der Waals surface area (Å²) in [5, 5.41) is 7.71. The van der Waals surface area contributed by atoms with Crippen molar-refractivity contribution in [2.45, 2.75) is 20.0 Å². The smallest absolute Gasteiger partial charge is 0.284 e. The lowest BCUT2D eigenvalue weighted by Crippen LogP contribution is -2.05. The highest BCUT2D eigenvalue weighted by Gasteiger charge is 2.20. The maximum Gasteiger partial charge on any atom is 0.284 e. The fourth-order valence-corrected chi connectivity index (χ4v) is 3.17. The van der Waals surface area contributed by atoms with Crippen LogP contribution in [0.2, 0.25) is 0 Å². The van der Waals surface area contributed by atoms with Crippen molar-refractivity contribution >= 4 is 33.6 Å². The minimum absolute atomic E-state index is 0.0367. The van der Waals surface area contributed by atoms with E-state index in [-0.39, 0.29) is 10.9 Å². The van der Waals surface area contributed by atoms with Crippen molar-refractivity contribution in [3.63, 3.8) is 0 Å². The van der Waals surface area contributed by atoms with Crippen molar-refractivity contribution in [3.8, 4) is 22.3 Å². The monoisotopic (exact) mass is 322 g/mol. The summed E-state index contributed by atoms with van der Waals surface area (Å²) in [7, 11) is 1.64. The van der Waals surface area contributed by atoms with Gasteiger partial charge in [-0.1, -0.05) is 0 Å². The zero-order valence-electron chi connectivity index (χ0n) is 11.8. The summed E-state index contributed by atoms with van der Waals surface area (Å²) in [4.78, 5) is 1.06. The number of thiophene rings is 1. The normalized spacial score (nSPS) is 11.2. The van der Waals surface area contributed by atoms with Crippen molar-refractivity contribution in [1.29, 1.82) is 0 Å². The minimum atomic E-state index is 0.0367. The maximum absolute atomic E-state index is 5.97. The molecule has 0 amide bonds. The molecule has 0 aliphatic rings. The third-order valence-electron chi connectivity index (χ3n) is 2.84. The number of benzene rings is 1. The highest BCUT2D eigenvalue weighted by atomic mass is 32.1. The number of aromatic amines is 1.